The van der Waals surface area contributed by atoms with Gasteiger partial charge in [0, 0.05) is 6.04 Å². The summed E-state index contributed by atoms with van der Waals surface area (Å²) in [5.74, 6) is 0.138. The monoisotopic (exact) mass is 279 g/mol. The zero-order valence-corrected chi connectivity index (χ0v) is 12.5. The van der Waals surface area contributed by atoms with Crippen LogP contribution in [0.1, 0.15) is 38.8 Å². The first-order valence-electron chi connectivity index (χ1n) is 7.17. The molecule has 0 bridgehead atoms. The molecule has 1 aromatic rings. The molecule has 0 radical (unpaired) electrons. The number of carbonyl (C=O) groups is 1. The number of carbonyl (C=O) groups excluding carboxylic acids is 1. The number of benzene rings is 1. The summed E-state index contributed by atoms with van der Waals surface area (Å²) in [7, 11) is 0. The van der Waals surface area contributed by atoms with E-state index in [1.54, 1.807) is 6.92 Å². The predicted octanol–water partition coefficient (Wildman–Crippen LogP) is 2.29. The lowest BCUT2D eigenvalue weighted by atomic mass is 10.0. The number of ether oxygens (including phenoxy) is 1. The lowest BCUT2D eigenvalue weighted by Crippen LogP contribution is -2.40. The summed E-state index contributed by atoms with van der Waals surface area (Å²) in [6.07, 6.45) is 0.805. The van der Waals surface area contributed by atoms with E-state index in [1.165, 1.54) is 0 Å². The Balaban J connectivity index is 2.85. The number of hydrogen-bond acceptors (Lipinski definition) is 4. The van der Waals surface area contributed by atoms with Crippen LogP contribution in [-0.2, 0) is 9.53 Å². The minimum atomic E-state index is -0.535. The van der Waals surface area contributed by atoms with E-state index in [-0.39, 0.29) is 18.6 Å². The quantitative estimate of drug-likeness (QED) is 0.717. The van der Waals surface area contributed by atoms with Gasteiger partial charge in [-0.1, -0.05) is 44.2 Å². The topological polar surface area (TPSA) is 58.6 Å². The maximum absolute atomic E-state index is 12.1. The van der Waals surface area contributed by atoms with Crippen molar-refractivity contribution in [3.63, 3.8) is 0 Å². The first-order chi connectivity index (χ1) is 9.58. The average Bonchev–Trinajstić information content (AvgIpc) is 2.44. The number of esters is 1. The van der Waals surface area contributed by atoms with E-state index in [0.29, 0.717) is 12.5 Å². The van der Waals surface area contributed by atoms with E-state index < -0.39 is 6.04 Å². The van der Waals surface area contributed by atoms with Crippen LogP contribution in [0.15, 0.2) is 30.3 Å². The second kappa shape index (κ2) is 8.72. The van der Waals surface area contributed by atoms with Crippen LogP contribution in [0.5, 0.6) is 0 Å². The van der Waals surface area contributed by atoms with Gasteiger partial charge in [0.2, 0.25) is 0 Å². The summed E-state index contributed by atoms with van der Waals surface area (Å²) in [5.41, 5.74) is 0.855. The van der Waals surface area contributed by atoms with Gasteiger partial charge in [-0.3, -0.25) is 5.32 Å². The van der Waals surface area contributed by atoms with Crippen LogP contribution in [0.2, 0.25) is 0 Å². The molecule has 0 aliphatic heterocycles. The third-order valence-corrected chi connectivity index (χ3v) is 3.03. The van der Waals surface area contributed by atoms with Crippen molar-refractivity contribution in [1.82, 2.24) is 5.32 Å². The molecular weight excluding hydrogens is 254 g/mol. The zero-order valence-electron chi connectivity index (χ0n) is 12.5. The summed E-state index contributed by atoms with van der Waals surface area (Å²) in [5, 5.41) is 12.7. The number of aliphatic hydroxyl groups excluding tert-OH is 1. The fourth-order valence-electron chi connectivity index (χ4n) is 2.17. The lowest BCUT2D eigenvalue weighted by Gasteiger charge is -2.24. The van der Waals surface area contributed by atoms with Gasteiger partial charge in [-0.2, -0.15) is 0 Å². The Morgan fingerprint density at radius 3 is 2.45 bits per heavy atom. The highest BCUT2D eigenvalue weighted by molar-refractivity contribution is 5.77. The van der Waals surface area contributed by atoms with Crippen molar-refractivity contribution < 1.29 is 14.6 Å². The van der Waals surface area contributed by atoms with Crippen LogP contribution in [0.4, 0.5) is 0 Å². The summed E-state index contributed by atoms with van der Waals surface area (Å²) in [6, 6.07) is 8.80. The molecule has 0 spiro atoms. The Morgan fingerprint density at radius 1 is 1.30 bits per heavy atom. The molecule has 112 valence electrons. The van der Waals surface area contributed by atoms with Gasteiger partial charge >= 0.3 is 5.97 Å². The fraction of sp³-hybridized carbons (Fsp3) is 0.562. The standard InChI is InChI=1S/C16H25NO3/c1-4-20-16(19)15(13-8-6-5-7-9-13)17-14(11-18)10-12(2)3/h5-9,12,14-15,17-18H,4,10-11H2,1-3H3. The SMILES string of the molecule is CCOC(=O)C(NC(CO)CC(C)C)c1ccccc1. The Morgan fingerprint density at radius 2 is 1.95 bits per heavy atom. The number of hydrogen-bond donors (Lipinski definition) is 2. The Hall–Kier alpha value is -1.39. The Kier molecular flexibility index (Phi) is 7.26. The van der Waals surface area contributed by atoms with Gasteiger partial charge in [0.15, 0.2) is 0 Å². The van der Waals surface area contributed by atoms with Crippen LogP contribution >= 0.6 is 0 Å². The maximum atomic E-state index is 12.1. The fourth-order valence-corrected chi connectivity index (χ4v) is 2.17. The smallest absolute Gasteiger partial charge is 0.327 e. The summed E-state index contributed by atoms with van der Waals surface area (Å²) < 4.78 is 5.13. The number of aliphatic hydroxyl groups is 1. The number of rotatable bonds is 8. The van der Waals surface area contributed by atoms with Crippen LogP contribution < -0.4 is 5.32 Å². The van der Waals surface area contributed by atoms with E-state index in [2.05, 4.69) is 19.2 Å². The largest absolute Gasteiger partial charge is 0.465 e. The van der Waals surface area contributed by atoms with Gasteiger partial charge in [-0.25, -0.2) is 4.79 Å². The second-order valence-corrected chi connectivity index (χ2v) is 5.27. The number of nitrogens with one attached hydrogen (secondary N) is 1. The molecule has 2 atom stereocenters. The highest BCUT2D eigenvalue weighted by Gasteiger charge is 2.25. The third kappa shape index (κ3) is 5.31. The van der Waals surface area contributed by atoms with Gasteiger partial charge < -0.3 is 9.84 Å². The molecule has 0 heterocycles. The highest BCUT2D eigenvalue weighted by Crippen LogP contribution is 2.17. The van der Waals surface area contributed by atoms with E-state index >= 15 is 0 Å². The summed E-state index contributed by atoms with van der Waals surface area (Å²) in [4.78, 5) is 12.1. The van der Waals surface area contributed by atoms with Gasteiger partial charge in [0.05, 0.1) is 13.2 Å². The molecular formula is C16H25NO3. The van der Waals surface area contributed by atoms with E-state index in [4.69, 9.17) is 4.74 Å². The van der Waals surface area contributed by atoms with Gasteiger partial charge in [0.1, 0.15) is 6.04 Å². The van der Waals surface area contributed by atoms with Crippen LogP contribution in [0, 0.1) is 5.92 Å². The first kappa shape index (κ1) is 16.7. The molecule has 0 aromatic heterocycles. The van der Waals surface area contributed by atoms with E-state index in [9.17, 15) is 9.90 Å². The minimum absolute atomic E-state index is 0.000911. The van der Waals surface area contributed by atoms with Crippen molar-refractivity contribution in [2.24, 2.45) is 5.92 Å². The molecule has 0 amide bonds. The summed E-state index contributed by atoms with van der Waals surface area (Å²) >= 11 is 0. The molecule has 0 saturated heterocycles. The highest BCUT2D eigenvalue weighted by atomic mass is 16.5. The van der Waals surface area contributed by atoms with E-state index in [1.807, 2.05) is 30.3 Å². The van der Waals surface area contributed by atoms with Gasteiger partial charge in [-0.15, -0.1) is 0 Å². The predicted molar refractivity (Wildman–Crippen MR) is 79.3 cm³/mol. The average molecular weight is 279 g/mol. The Bertz CT molecular complexity index is 392. The van der Waals surface area contributed by atoms with Gasteiger partial charge in [-0.05, 0) is 24.8 Å². The normalized spacial score (nSPS) is 14.1. The Labute approximate surface area is 121 Å². The maximum Gasteiger partial charge on any atom is 0.327 e. The molecule has 2 unspecified atom stereocenters. The zero-order chi connectivity index (χ0) is 15.0. The van der Waals surface area contributed by atoms with Crippen LogP contribution in [0.3, 0.4) is 0 Å². The minimum Gasteiger partial charge on any atom is -0.465 e. The van der Waals surface area contributed by atoms with E-state index in [0.717, 1.165) is 12.0 Å². The van der Waals surface area contributed by atoms with Crippen molar-refractivity contribution in [3.8, 4) is 0 Å². The lowest BCUT2D eigenvalue weighted by molar-refractivity contribution is -0.146. The van der Waals surface area contributed by atoms with Crippen molar-refractivity contribution in [2.45, 2.75) is 39.3 Å². The molecule has 2 N–H and O–H groups in total. The van der Waals surface area contributed by atoms with Crippen LogP contribution in [-0.4, -0.2) is 30.3 Å². The molecule has 4 heteroatoms. The molecule has 1 rings (SSSR count). The molecule has 0 saturated carbocycles. The second-order valence-electron chi connectivity index (χ2n) is 5.27. The summed E-state index contributed by atoms with van der Waals surface area (Å²) in [6.45, 7) is 6.31. The van der Waals surface area contributed by atoms with Crippen molar-refractivity contribution in [1.29, 1.82) is 0 Å². The molecule has 0 fully saturated rings. The van der Waals surface area contributed by atoms with Crippen molar-refractivity contribution in [2.75, 3.05) is 13.2 Å². The first-order valence-corrected chi connectivity index (χ1v) is 7.17. The van der Waals surface area contributed by atoms with Gasteiger partial charge in [0.25, 0.3) is 0 Å². The molecule has 0 aliphatic rings. The van der Waals surface area contributed by atoms with Crippen molar-refractivity contribution in [3.05, 3.63) is 35.9 Å². The third-order valence-electron chi connectivity index (χ3n) is 3.03. The molecule has 1 aromatic carbocycles. The molecule has 4 nitrogen and oxygen atoms in total. The molecule has 20 heavy (non-hydrogen) atoms. The van der Waals surface area contributed by atoms with Crippen LogP contribution in [0.25, 0.3) is 0 Å². The molecule has 0 aliphatic carbocycles. The van der Waals surface area contributed by atoms with Crippen molar-refractivity contribution >= 4 is 5.97 Å².